The van der Waals surface area contributed by atoms with Crippen LogP contribution in [0.5, 0.6) is 0 Å². The summed E-state index contributed by atoms with van der Waals surface area (Å²) in [7, 11) is 0. The third-order valence-corrected chi connectivity index (χ3v) is 5.15. The van der Waals surface area contributed by atoms with Crippen LogP contribution in [-0.2, 0) is 0 Å². The van der Waals surface area contributed by atoms with Gasteiger partial charge < -0.3 is 5.73 Å². The summed E-state index contributed by atoms with van der Waals surface area (Å²) in [6.07, 6.45) is 5.85. The fourth-order valence-electron chi connectivity index (χ4n) is 4.32. The highest BCUT2D eigenvalue weighted by molar-refractivity contribution is 5.30. The van der Waals surface area contributed by atoms with Gasteiger partial charge in [0.1, 0.15) is 0 Å². The highest BCUT2D eigenvalue weighted by Crippen LogP contribution is 2.53. The number of hydrogen-bond donors (Lipinski definition) is 1. The third-order valence-electron chi connectivity index (χ3n) is 5.15. The first-order valence-corrected chi connectivity index (χ1v) is 7.05. The van der Waals surface area contributed by atoms with Gasteiger partial charge in [0.15, 0.2) is 0 Å². The van der Waals surface area contributed by atoms with Gasteiger partial charge in [-0.2, -0.15) is 0 Å². The van der Waals surface area contributed by atoms with Gasteiger partial charge >= 0.3 is 0 Å². The summed E-state index contributed by atoms with van der Waals surface area (Å²) < 4.78 is 0. The standard InChI is InChI=1S/C16H23N/c1-11-4-2-3-5-14(11)16(10-17)15-9-12-6-7-13(15)8-12/h2-5,12-13,15-16H,6-10,17H2,1H3. The molecule has 0 aromatic heterocycles. The largest absolute Gasteiger partial charge is 0.330 e. The number of aryl methyl sites for hydroxylation is 1. The van der Waals surface area contributed by atoms with Crippen LogP contribution in [0, 0.1) is 24.7 Å². The molecule has 1 heteroatoms. The van der Waals surface area contributed by atoms with Gasteiger partial charge in [0.05, 0.1) is 0 Å². The van der Waals surface area contributed by atoms with E-state index >= 15 is 0 Å². The maximum Gasteiger partial charge on any atom is -0.000518 e. The van der Waals surface area contributed by atoms with E-state index in [9.17, 15) is 0 Å². The van der Waals surface area contributed by atoms with Crippen molar-refractivity contribution < 1.29 is 0 Å². The molecular formula is C16H23N. The molecule has 2 bridgehead atoms. The average molecular weight is 229 g/mol. The molecule has 4 unspecified atom stereocenters. The first-order valence-electron chi connectivity index (χ1n) is 7.05. The zero-order valence-corrected chi connectivity index (χ0v) is 10.7. The van der Waals surface area contributed by atoms with Gasteiger partial charge in [-0.1, -0.05) is 30.7 Å². The molecule has 4 atom stereocenters. The van der Waals surface area contributed by atoms with Crippen molar-refractivity contribution in [3.63, 3.8) is 0 Å². The molecule has 0 heterocycles. The third kappa shape index (κ3) is 1.91. The van der Waals surface area contributed by atoms with E-state index in [0.717, 1.165) is 24.3 Å². The van der Waals surface area contributed by atoms with Gasteiger partial charge in [-0.25, -0.2) is 0 Å². The Labute approximate surface area is 104 Å². The summed E-state index contributed by atoms with van der Waals surface area (Å²) >= 11 is 0. The highest BCUT2D eigenvalue weighted by atomic mass is 14.6. The number of rotatable bonds is 3. The second kappa shape index (κ2) is 4.45. The topological polar surface area (TPSA) is 26.0 Å². The zero-order valence-electron chi connectivity index (χ0n) is 10.7. The minimum Gasteiger partial charge on any atom is -0.330 e. The van der Waals surface area contributed by atoms with Gasteiger partial charge in [-0.15, -0.1) is 0 Å². The molecule has 2 fully saturated rings. The summed E-state index contributed by atoms with van der Waals surface area (Å²) in [4.78, 5) is 0. The molecule has 2 aliphatic carbocycles. The molecule has 0 amide bonds. The fourth-order valence-corrected chi connectivity index (χ4v) is 4.32. The van der Waals surface area contributed by atoms with E-state index < -0.39 is 0 Å². The van der Waals surface area contributed by atoms with E-state index in [1.807, 2.05) is 0 Å². The summed E-state index contributed by atoms with van der Waals surface area (Å²) in [6.45, 7) is 3.05. The number of fused-ring (bicyclic) bond motifs is 2. The SMILES string of the molecule is Cc1ccccc1C(CN)C1CC2CCC1C2. The van der Waals surface area contributed by atoms with E-state index in [1.165, 1.54) is 36.8 Å². The Kier molecular flexibility index (Phi) is 2.96. The van der Waals surface area contributed by atoms with Crippen LogP contribution in [0.2, 0.25) is 0 Å². The Morgan fingerprint density at radius 3 is 2.65 bits per heavy atom. The summed E-state index contributed by atoms with van der Waals surface area (Å²) in [5.41, 5.74) is 9.01. The lowest BCUT2D eigenvalue weighted by atomic mass is 9.75. The molecule has 0 saturated heterocycles. The molecule has 3 rings (SSSR count). The molecule has 92 valence electrons. The van der Waals surface area contributed by atoms with Crippen molar-refractivity contribution in [1.82, 2.24) is 0 Å². The second-order valence-corrected chi connectivity index (χ2v) is 6.04. The minimum atomic E-state index is 0.603. The van der Waals surface area contributed by atoms with Crippen molar-refractivity contribution in [1.29, 1.82) is 0 Å². The van der Waals surface area contributed by atoms with Crippen LogP contribution >= 0.6 is 0 Å². The van der Waals surface area contributed by atoms with Crippen LogP contribution < -0.4 is 5.73 Å². The average Bonchev–Trinajstić information content (AvgIpc) is 2.95. The molecule has 17 heavy (non-hydrogen) atoms. The predicted molar refractivity (Wildman–Crippen MR) is 71.9 cm³/mol. The maximum atomic E-state index is 6.09. The molecule has 2 aliphatic rings. The van der Waals surface area contributed by atoms with Crippen molar-refractivity contribution in [3.8, 4) is 0 Å². The molecule has 0 radical (unpaired) electrons. The Bertz CT molecular complexity index is 398. The number of nitrogens with two attached hydrogens (primary N) is 1. The normalized spacial score (nSPS) is 32.9. The summed E-state index contributed by atoms with van der Waals surface area (Å²) in [5.74, 6) is 3.45. The maximum absolute atomic E-state index is 6.09. The van der Waals surface area contributed by atoms with Gasteiger partial charge in [0.25, 0.3) is 0 Å². The Morgan fingerprint density at radius 1 is 1.24 bits per heavy atom. The van der Waals surface area contributed by atoms with Crippen molar-refractivity contribution in [3.05, 3.63) is 35.4 Å². The Balaban J connectivity index is 1.87. The molecule has 0 aliphatic heterocycles. The molecule has 2 saturated carbocycles. The van der Waals surface area contributed by atoms with E-state index in [1.54, 1.807) is 0 Å². The Hall–Kier alpha value is -0.820. The smallest absolute Gasteiger partial charge is 0.000518 e. The van der Waals surface area contributed by atoms with Crippen LogP contribution in [0.25, 0.3) is 0 Å². The van der Waals surface area contributed by atoms with Crippen LogP contribution in [0.1, 0.15) is 42.7 Å². The van der Waals surface area contributed by atoms with Gasteiger partial charge in [0.2, 0.25) is 0 Å². The summed E-state index contributed by atoms with van der Waals surface area (Å²) in [6, 6.07) is 8.81. The molecule has 2 N–H and O–H groups in total. The molecule has 1 aromatic carbocycles. The monoisotopic (exact) mass is 229 g/mol. The first kappa shape index (κ1) is 11.3. The van der Waals surface area contributed by atoms with E-state index in [0.29, 0.717) is 5.92 Å². The molecule has 0 spiro atoms. The highest BCUT2D eigenvalue weighted by Gasteiger charge is 2.43. The van der Waals surface area contributed by atoms with Crippen molar-refractivity contribution in [2.24, 2.45) is 23.5 Å². The number of benzene rings is 1. The predicted octanol–water partition coefficient (Wildman–Crippen LogP) is 3.47. The lowest BCUT2D eigenvalue weighted by molar-refractivity contribution is 0.283. The fraction of sp³-hybridized carbons (Fsp3) is 0.625. The molecule has 1 nitrogen and oxygen atoms in total. The lowest BCUT2D eigenvalue weighted by Gasteiger charge is -2.31. The minimum absolute atomic E-state index is 0.603. The van der Waals surface area contributed by atoms with Gasteiger partial charge in [0, 0.05) is 0 Å². The second-order valence-electron chi connectivity index (χ2n) is 6.04. The lowest BCUT2D eigenvalue weighted by Crippen LogP contribution is -2.26. The van der Waals surface area contributed by atoms with Crippen LogP contribution in [0.4, 0.5) is 0 Å². The van der Waals surface area contributed by atoms with E-state index in [2.05, 4.69) is 31.2 Å². The van der Waals surface area contributed by atoms with E-state index in [4.69, 9.17) is 5.73 Å². The quantitative estimate of drug-likeness (QED) is 0.843. The van der Waals surface area contributed by atoms with Crippen LogP contribution in [0.3, 0.4) is 0 Å². The number of hydrogen-bond acceptors (Lipinski definition) is 1. The Morgan fingerprint density at radius 2 is 2.06 bits per heavy atom. The van der Waals surface area contributed by atoms with Crippen LogP contribution in [-0.4, -0.2) is 6.54 Å². The van der Waals surface area contributed by atoms with Crippen molar-refractivity contribution in [2.75, 3.05) is 6.54 Å². The van der Waals surface area contributed by atoms with Crippen LogP contribution in [0.15, 0.2) is 24.3 Å². The van der Waals surface area contributed by atoms with Crippen molar-refractivity contribution >= 4 is 0 Å². The van der Waals surface area contributed by atoms with E-state index in [-0.39, 0.29) is 0 Å². The van der Waals surface area contributed by atoms with Gasteiger partial charge in [-0.3, -0.25) is 0 Å². The van der Waals surface area contributed by atoms with Gasteiger partial charge in [-0.05, 0) is 67.5 Å². The molecular weight excluding hydrogens is 206 g/mol. The first-order chi connectivity index (χ1) is 8.29. The zero-order chi connectivity index (χ0) is 11.8. The summed E-state index contributed by atoms with van der Waals surface area (Å²) in [5, 5.41) is 0. The van der Waals surface area contributed by atoms with Crippen molar-refractivity contribution in [2.45, 2.75) is 38.5 Å². The molecule has 1 aromatic rings.